The average Bonchev–Trinajstić information content (AvgIpc) is 2.91. The predicted molar refractivity (Wildman–Crippen MR) is 109 cm³/mol. The Morgan fingerprint density at radius 2 is 2.07 bits per heavy atom. The van der Waals surface area contributed by atoms with E-state index >= 15 is 0 Å². The van der Waals surface area contributed by atoms with Gasteiger partial charge in [-0.3, -0.25) is 4.40 Å². The zero-order valence-electron chi connectivity index (χ0n) is 15.7. The van der Waals surface area contributed by atoms with Crippen LogP contribution in [0.3, 0.4) is 0 Å². The van der Waals surface area contributed by atoms with Crippen molar-refractivity contribution in [3.63, 3.8) is 0 Å². The summed E-state index contributed by atoms with van der Waals surface area (Å²) in [5.74, 6) is 0.560. The lowest BCUT2D eigenvalue weighted by Crippen LogP contribution is -2.27. The van der Waals surface area contributed by atoms with Crippen LogP contribution in [0.5, 0.6) is 0 Å². The number of hydrogen-bond donors (Lipinski definition) is 1. The molecule has 1 aromatic carbocycles. The largest absolute Gasteiger partial charge is 0.422 e. The monoisotopic (exact) mass is 375 g/mol. The van der Waals surface area contributed by atoms with Gasteiger partial charge in [0.05, 0.1) is 11.3 Å². The third kappa shape index (κ3) is 3.03. The van der Waals surface area contributed by atoms with Gasteiger partial charge < -0.3 is 14.6 Å². The van der Waals surface area contributed by atoms with Gasteiger partial charge in [0.1, 0.15) is 5.58 Å². The second-order valence-corrected chi connectivity index (χ2v) is 7.22. The van der Waals surface area contributed by atoms with Crippen LogP contribution < -0.4 is 15.8 Å². The first-order chi connectivity index (χ1) is 13.7. The number of fused-ring (bicyclic) bond motifs is 2. The molecule has 0 unspecified atom stereocenters. The molecule has 0 saturated carbocycles. The summed E-state index contributed by atoms with van der Waals surface area (Å²) in [6.45, 7) is 5.91. The van der Waals surface area contributed by atoms with Gasteiger partial charge in [0.25, 0.3) is 0 Å². The minimum absolute atomic E-state index is 0.387. The highest BCUT2D eigenvalue weighted by molar-refractivity contribution is 5.84. The van der Waals surface area contributed by atoms with E-state index in [1.54, 1.807) is 6.20 Å². The number of nitrogens with zero attached hydrogens (tertiary/aromatic N) is 4. The Labute approximate surface area is 161 Å². The van der Waals surface area contributed by atoms with Crippen LogP contribution in [0.15, 0.2) is 52.1 Å². The van der Waals surface area contributed by atoms with Crippen molar-refractivity contribution in [1.29, 1.82) is 0 Å². The van der Waals surface area contributed by atoms with Gasteiger partial charge in [0.15, 0.2) is 0 Å². The normalized spacial score (nSPS) is 15.2. The summed E-state index contributed by atoms with van der Waals surface area (Å²) in [5.41, 5.74) is 3.33. The Kier molecular flexibility index (Phi) is 4.09. The fourth-order valence-electron chi connectivity index (χ4n) is 3.70. The molecule has 7 nitrogen and oxygen atoms in total. The van der Waals surface area contributed by atoms with Gasteiger partial charge in [-0.05, 0) is 43.7 Å². The van der Waals surface area contributed by atoms with Gasteiger partial charge in [0, 0.05) is 55.4 Å². The number of aromatic nitrogens is 3. The summed E-state index contributed by atoms with van der Waals surface area (Å²) >= 11 is 0. The lowest BCUT2D eigenvalue weighted by Gasteiger charge is -2.22. The zero-order valence-corrected chi connectivity index (χ0v) is 15.7. The molecule has 28 heavy (non-hydrogen) atoms. The van der Waals surface area contributed by atoms with E-state index in [0.717, 1.165) is 49.2 Å². The topological polar surface area (TPSA) is 75.7 Å². The fraction of sp³-hybridized carbons (Fsp3) is 0.286. The molecule has 5 rings (SSSR count). The van der Waals surface area contributed by atoms with Crippen LogP contribution >= 0.6 is 0 Å². The summed E-state index contributed by atoms with van der Waals surface area (Å²) in [6.07, 6.45) is 6.60. The summed E-state index contributed by atoms with van der Waals surface area (Å²) < 4.78 is 7.49. The highest BCUT2D eigenvalue weighted by Gasteiger charge is 2.14. The van der Waals surface area contributed by atoms with Crippen LogP contribution in [-0.4, -0.2) is 40.5 Å². The van der Waals surface area contributed by atoms with E-state index in [1.807, 2.05) is 41.9 Å². The lowest BCUT2D eigenvalue weighted by molar-refractivity contribution is 0.563. The smallest absolute Gasteiger partial charge is 0.345 e. The van der Waals surface area contributed by atoms with Crippen LogP contribution in [0, 0.1) is 6.92 Å². The molecule has 7 heteroatoms. The molecule has 0 amide bonds. The van der Waals surface area contributed by atoms with Gasteiger partial charge in [-0.15, -0.1) is 0 Å². The van der Waals surface area contributed by atoms with Crippen molar-refractivity contribution in [3.8, 4) is 11.3 Å². The van der Waals surface area contributed by atoms with E-state index in [0.29, 0.717) is 22.6 Å². The van der Waals surface area contributed by atoms with E-state index in [1.165, 1.54) is 0 Å². The van der Waals surface area contributed by atoms with Crippen molar-refractivity contribution >= 4 is 22.4 Å². The number of rotatable bonds is 2. The van der Waals surface area contributed by atoms with E-state index < -0.39 is 0 Å². The van der Waals surface area contributed by atoms with Gasteiger partial charge in [-0.25, -0.2) is 14.8 Å². The van der Waals surface area contributed by atoms with Crippen molar-refractivity contribution in [2.75, 3.05) is 31.1 Å². The lowest BCUT2D eigenvalue weighted by atomic mass is 10.1. The van der Waals surface area contributed by atoms with Crippen molar-refractivity contribution in [2.24, 2.45) is 0 Å². The first-order valence-electron chi connectivity index (χ1n) is 9.53. The molecular weight excluding hydrogens is 354 g/mol. The molecule has 0 radical (unpaired) electrons. The zero-order chi connectivity index (χ0) is 19.1. The second-order valence-electron chi connectivity index (χ2n) is 7.22. The molecule has 0 atom stereocenters. The molecule has 0 spiro atoms. The number of aryl methyl sites for hydroxylation is 1. The minimum Gasteiger partial charge on any atom is -0.422 e. The van der Waals surface area contributed by atoms with Gasteiger partial charge in [-0.1, -0.05) is 0 Å². The van der Waals surface area contributed by atoms with Gasteiger partial charge >= 0.3 is 5.63 Å². The number of nitrogens with one attached hydrogen (secondary N) is 1. The predicted octanol–water partition coefficient (Wildman–Crippen LogP) is 2.61. The molecule has 0 bridgehead atoms. The molecule has 1 saturated heterocycles. The van der Waals surface area contributed by atoms with E-state index in [4.69, 9.17) is 4.42 Å². The van der Waals surface area contributed by atoms with E-state index in [2.05, 4.69) is 26.3 Å². The maximum atomic E-state index is 12.7. The minimum atomic E-state index is -0.387. The third-order valence-corrected chi connectivity index (χ3v) is 5.14. The molecule has 142 valence electrons. The fourth-order valence-corrected chi connectivity index (χ4v) is 3.70. The Hall–Kier alpha value is -3.19. The summed E-state index contributed by atoms with van der Waals surface area (Å²) in [4.78, 5) is 23.8. The Bertz CT molecular complexity index is 1220. The van der Waals surface area contributed by atoms with Crippen LogP contribution in [0.4, 0.5) is 5.69 Å². The SMILES string of the molecule is Cc1cnc2nc(-c3cc4ccc(N5CCCNCC5)cc4oc3=O)cn2c1. The first-order valence-corrected chi connectivity index (χ1v) is 9.53. The van der Waals surface area contributed by atoms with Gasteiger partial charge in [0.2, 0.25) is 5.78 Å². The number of benzene rings is 1. The van der Waals surface area contributed by atoms with Crippen LogP contribution in [0.1, 0.15) is 12.0 Å². The molecule has 3 aromatic heterocycles. The van der Waals surface area contributed by atoms with Crippen LogP contribution in [0.25, 0.3) is 28.0 Å². The first kappa shape index (κ1) is 16.9. The molecule has 1 N–H and O–H groups in total. The molecule has 0 aliphatic carbocycles. The Morgan fingerprint density at radius 3 is 3.00 bits per heavy atom. The Balaban J connectivity index is 1.56. The van der Waals surface area contributed by atoms with Crippen molar-refractivity contribution in [1.82, 2.24) is 19.7 Å². The molecular formula is C21H21N5O2. The van der Waals surface area contributed by atoms with E-state index in [9.17, 15) is 4.79 Å². The average molecular weight is 375 g/mol. The molecule has 4 heterocycles. The molecule has 1 fully saturated rings. The maximum Gasteiger partial charge on any atom is 0.345 e. The van der Waals surface area contributed by atoms with Crippen molar-refractivity contribution in [2.45, 2.75) is 13.3 Å². The highest BCUT2D eigenvalue weighted by atomic mass is 16.4. The third-order valence-electron chi connectivity index (χ3n) is 5.14. The van der Waals surface area contributed by atoms with Crippen molar-refractivity contribution < 1.29 is 4.42 Å². The second kappa shape index (κ2) is 6.76. The van der Waals surface area contributed by atoms with Crippen LogP contribution in [0.2, 0.25) is 0 Å². The summed E-state index contributed by atoms with van der Waals surface area (Å²) in [6, 6.07) is 7.91. The van der Waals surface area contributed by atoms with Gasteiger partial charge in [-0.2, -0.15) is 0 Å². The van der Waals surface area contributed by atoms with E-state index in [-0.39, 0.29) is 5.63 Å². The number of hydrogen-bond acceptors (Lipinski definition) is 6. The number of imidazole rings is 1. The van der Waals surface area contributed by atoms with Crippen LogP contribution in [-0.2, 0) is 0 Å². The molecule has 4 aromatic rings. The summed E-state index contributed by atoms with van der Waals surface area (Å²) in [5, 5.41) is 4.29. The molecule has 1 aliphatic rings. The Morgan fingerprint density at radius 1 is 1.14 bits per heavy atom. The quantitative estimate of drug-likeness (QED) is 0.543. The standard InChI is InChI=1S/C21H21N5O2/c1-14-11-23-21-24-18(13-26(21)12-14)17-9-15-3-4-16(10-19(15)28-20(17)27)25-7-2-5-22-6-8-25/h3-4,9-13,22H,2,5-8H2,1H3. The van der Waals surface area contributed by atoms with Crippen molar-refractivity contribution in [3.05, 3.63) is 58.8 Å². The maximum absolute atomic E-state index is 12.7. The molecule has 1 aliphatic heterocycles. The summed E-state index contributed by atoms with van der Waals surface area (Å²) in [7, 11) is 0. The highest BCUT2D eigenvalue weighted by Crippen LogP contribution is 2.25. The number of anilines is 1.